The largest absolute Gasteiger partial charge is 0.486 e. The molecule has 0 amide bonds. The van der Waals surface area contributed by atoms with E-state index in [9.17, 15) is 0 Å². The molecule has 1 aliphatic heterocycles. The summed E-state index contributed by atoms with van der Waals surface area (Å²) < 4.78 is 11.2. The second kappa shape index (κ2) is 6.19. The normalized spacial score (nSPS) is 14.8. The van der Waals surface area contributed by atoms with Crippen LogP contribution in [0, 0.1) is 6.92 Å². The summed E-state index contributed by atoms with van der Waals surface area (Å²) in [5.41, 5.74) is 3.87. The van der Waals surface area contributed by atoms with Crippen molar-refractivity contribution >= 4 is 0 Å². The molecule has 2 aromatic rings. The number of fused-ring (bicyclic) bond motifs is 1. The maximum atomic E-state index is 5.64. The molecule has 21 heavy (non-hydrogen) atoms. The predicted octanol–water partition coefficient (Wildman–Crippen LogP) is 3.62. The fraction of sp³-hybridized carbons (Fsp3) is 0.333. The van der Waals surface area contributed by atoms with Crippen LogP contribution in [-0.2, 0) is 6.54 Å². The molecule has 3 nitrogen and oxygen atoms in total. The minimum Gasteiger partial charge on any atom is -0.486 e. The Morgan fingerprint density at radius 2 is 1.81 bits per heavy atom. The maximum absolute atomic E-state index is 5.64. The first-order chi connectivity index (χ1) is 10.2. The molecule has 0 aliphatic carbocycles. The van der Waals surface area contributed by atoms with Gasteiger partial charge in [-0.2, -0.15) is 0 Å². The fourth-order valence-electron chi connectivity index (χ4n) is 2.52. The van der Waals surface area contributed by atoms with Crippen molar-refractivity contribution in [3.05, 3.63) is 59.2 Å². The molecule has 1 unspecified atom stereocenters. The standard InChI is InChI=1S/C18H21NO2/c1-13-5-3-4-6-16(13)12-19-14(2)15-7-8-17-18(11-15)21-10-9-20-17/h3-8,11,14,19H,9-10,12H2,1-2H3. The highest BCUT2D eigenvalue weighted by atomic mass is 16.6. The van der Waals surface area contributed by atoms with Gasteiger partial charge in [0.2, 0.25) is 0 Å². The first-order valence-electron chi connectivity index (χ1n) is 7.41. The summed E-state index contributed by atoms with van der Waals surface area (Å²) in [6.07, 6.45) is 0. The Morgan fingerprint density at radius 1 is 1.05 bits per heavy atom. The van der Waals surface area contributed by atoms with Crippen LogP contribution >= 0.6 is 0 Å². The van der Waals surface area contributed by atoms with E-state index in [-0.39, 0.29) is 6.04 Å². The lowest BCUT2D eigenvalue weighted by Gasteiger charge is -2.21. The van der Waals surface area contributed by atoms with Crippen LogP contribution in [0.15, 0.2) is 42.5 Å². The van der Waals surface area contributed by atoms with Crippen LogP contribution in [0.5, 0.6) is 11.5 Å². The molecule has 1 atom stereocenters. The first-order valence-corrected chi connectivity index (χ1v) is 7.41. The quantitative estimate of drug-likeness (QED) is 0.929. The van der Waals surface area contributed by atoms with E-state index < -0.39 is 0 Å². The number of hydrogen-bond acceptors (Lipinski definition) is 3. The molecule has 3 rings (SSSR count). The SMILES string of the molecule is Cc1ccccc1CNC(C)c1ccc2c(c1)OCCO2. The van der Waals surface area contributed by atoms with Crippen LogP contribution in [0.25, 0.3) is 0 Å². The molecule has 0 spiro atoms. The third kappa shape index (κ3) is 3.19. The number of rotatable bonds is 4. The summed E-state index contributed by atoms with van der Waals surface area (Å²) in [7, 11) is 0. The number of nitrogens with one attached hydrogen (secondary N) is 1. The third-order valence-electron chi connectivity index (χ3n) is 3.93. The third-order valence-corrected chi connectivity index (χ3v) is 3.93. The number of ether oxygens (including phenoxy) is 2. The van der Waals surface area contributed by atoms with Gasteiger partial charge in [0.15, 0.2) is 11.5 Å². The van der Waals surface area contributed by atoms with Crippen LogP contribution in [0.2, 0.25) is 0 Å². The van der Waals surface area contributed by atoms with Crippen molar-refractivity contribution in [1.29, 1.82) is 0 Å². The van der Waals surface area contributed by atoms with E-state index in [1.807, 2.05) is 6.07 Å². The van der Waals surface area contributed by atoms with Gasteiger partial charge >= 0.3 is 0 Å². The van der Waals surface area contributed by atoms with Gasteiger partial charge in [0, 0.05) is 12.6 Å². The second-order valence-electron chi connectivity index (χ2n) is 5.43. The molecule has 0 bridgehead atoms. The van der Waals surface area contributed by atoms with Gasteiger partial charge < -0.3 is 14.8 Å². The van der Waals surface area contributed by atoms with Crippen molar-refractivity contribution < 1.29 is 9.47 Å². The number of benzene rings is 2. The number of hydrogen-bond donors (Lipinski definition) is 1. The Bertz CT molecular complexity index is 624. The zero-order valence-electron chi connectivity index (χ0n) is 12.6. The van der Waals surface area contributed by atoms with E-state index in [2.05, 4.69) is 55.6 Å². The monoisotopic (exact) mass is 283 g/mol. The van der Waals surface area contributed by atoms with Gasteiger partial charge in [-0.3, -0.25) is 0 Å². The minimum atomic E-state index is 0.264. The van der Waals surface area contributed by atoms with Gasteiger partial charge in [-0.15, -0.1) is 0 Å². The molecule has 1 heterocycles. The molecule has 1 aliphatic rings. The Morgan fingerprint density at radius 3 is 2.62 bits per heavy atom. The smallest absolute Gasteiger partial charge is 0.161 e. The van der Waals surface area contributed by atoms with Crippen LogP contribution < -0.4 is 14.8 Å². The van der Waals surface area contributed by atoms with E-state index in [0.717, 1.165) is 18.0 Å². The summed E-state index contributed by atoms with van der Waals surface area (Å²) in [5.74, 6) is 1.69. The molecule has 0 fully saturated rings. The van der Waals surface area contributed by atoms with E-state index in [0.29, 0.717) is 13.2 Å². The average Bonchev–Trinajstić information content (AvgIpc) is 2.53. The Balaban J connectivity index is 1.68. The van der Waals surface area contributed by atoms with Crippen LogP contribution in [0.3, 0.4) is 0 Å². The lowest BCUT2D eigenvalue weighted by Crippen LogP contribution is -2.20. The Kier molecular flexibility index (Phi) is 4.11. The fourth-order valence-corrected chi connectivity index (χ4v) is 2.52. The van der Waals surface area contributed by atoms with Crippen molar-refractivity contribution in [2.24, 2.45) is 0 Å². The van der Waals surface area contributed by atoms with Gasteiger partial charge in [0.05, 0.1) is 0 Å². The van der Waals surface area contributed by atoms with Crippen molar-refractivity contribution in [3.63, 3.8) is 0 Å². The zero-order valence-corrected chi connectivity index (χ0v) is 12.6. The molecule has 110 valence electrons. The molecule has 1 N–H and O–H groups in total. The van der Waals surface area contributed by atoms with Crippen LogP contribution in [0.1, 0.15) is 29.7 Å². The van der Waals surface area contributed by atoms with Gasteiger partial charge in [-0.05, 0) is 42.7 Å². The molecule has 3 heteroatoms. The molecule has 0 aromatic heterocycles. The van der Waals surface area contributed by atoms with E-state index in [1.165, 1.54) is 16.7 Å². The molecule has 0 saturated heterocycles. The average molecular weight is 283 g/mol. The van der Waals surface area contributed by atoms with Crippen molar-refractivity contribution in [2.75, 3.05) is 13.2 Å². The van der Waals surface area contributed by atoms with Crippen molar-refractivity contribution in [3.8, 4) is 11.5 Å². The van der Waals surface area contributed by atoms with E-state index in [1.54, 1.807) is 0 Å². The lowest BCUT2D eigenvalue weighted by molar-refractivity contribution is 0.171. The van der Waals surface area contributed by atoms with Crippen molar-refractivity contribution in [1.82, 2.24) is 5.32 Å². The van der Waals surface area contributed by atoms with E-state index in [4.69, 9.17) is 9.47 Å². The summed E-state index contributed by atoms with van der Waals surface area (Å²) in [6, 6.07) is 14.9. The summed E-state index contributed by atoms with van der Waals surface area (Å²) in [4.78, 5) is 0. The Hall–Kier alpha value is -2.00. The van der Waals surface area contributed by atoms with E-state index >= 15 is 0 Å². The lowest BCUT2D eigenvalue weighted by atomic mass is 10.1. The first kappa shape index (κ1) is 14.0. The molecule has 0 saturated carbocycles. The Labute approximate surface area is 125 Å². The second-order valence-corrected chi connectivity index (χ2v) is 5.43. The molecule has 2 aromatic carbocycles. The number of aryl methyl sites for hydroxylation is 1. The molecule has 0 radical (unpaired) electrons. The van der Waals surface area contributed by atoms with Gasteiger partial charge in [0.1, 0.15) is 13.2 Å². The van der Waals surface area contributed by atoms with Gasteiger partial charge in [-0.1, -0.05) is 30.3 Å². The van der Waals surface area contributed by atoms with Gasteiger partial charge in [0.25, 0.3) is 0 Å². The van der Waals surface area contributed by atoms with Crippen molar-refractivity contribution in [2.45, 2.75) is 26.4 Å². The maximum Gasteiger partial charge on any atom is 0.161 e. The van der Waals surface area contributed by atoms with Gasteiger partial charge in [-0.25, -0.2) is 0 Å². The summed E-state index contributed by atoms with van der Waals surface area (Å²) in [6.45, 7) is 6.44. The summed E-state index contributed by atoms with van der Waals surface area (Å²) in [5, 5.41) is 3.57. The highest BCUT2D eigenvalue weighted by Crippen LogP contribution is 2.32. The molecular weight excluding hydrogens is 262 g/mol. The summed E-state index contributed by atoms with van der Waals surface area (Å²) >= 11 is 0. The highest BCUT2D eigenvalue weighted by molar-refractivity contribution is 5.44. The van der Waals surface area contributed by atoms with Crippen LogP contribution in [-0.4, -0.2) is 13.2 Å². The topological polar surface area (TPSA) is 30.5 Å². The predicted molar refractivity (Wildman–Crippen MR) is 83.9 cm³/mol. The molecular formula is C18H21NO2. The zero-order chi connectivity index (χ0) is 14.7. The minimum absolute atomic E-state index is 0.264. The highest BCUT2D eigenvalue weighted by Gasteiger charge is 2.14. The van der Waals surface area contributed by atoms with Crippen LogP contribution in [0.4, 0.5) is 0 Å².